The number of rotatable bonds is 12. The Morgan fingerprint density at radius 2 is 0.444 bits per heavy atom. The molecule has 0 amide bonds. The predicted molar refractivity (Wildman–Crippen MR) is 175 cm³/mol. The van der Waals surface area contributed by atoms with Crippen molar-refractivity contribution in [2.24, 2.45) is 0 Å². The first-order valence-electron chi connectivity index (χ1n) is 12.3. The summed E-state index contributed by atoms with van der Waals surface area (Å²) in [6.45, 7) is 0. The van der Waals surface area contributed by atoms with Gasteiger partial charge in [-0.2, -0.15) is 0 Å². The van der Waals surface area contributed by atoms with E-state index in [-0.39, 0.29) is 0 Å². The molecule has 0 atom stereocenters. The lowest BCUT2D eigenvalue weighted by molar-refractivity contribution is 0.474. The fraction of sp³-hybridized carbons (Fsp3) is 0.909. The molecule has 0 aromatic carbocycles. The first kappa shape index (κ1) is 35.1. The van der Waals surface area contributed by atoms with Crippen LogP contribution < -0.4 is 0 Å². The molecule has 0 spiro atoms. The van der Waals surface area contributed by atoms with Gasteiger partial charge in [0.05, 0.1) is 0 Å². The Bertz CT molecular complexity index is 735. The van der Waals surface area contributed by atoms with Crippen molar-refractivity contribution in [2.75, 3.05) is 141 Å². The van der Waals surface area contributed by atoms with Gasteiger partial charge in [0.25, 0.3) is 15.4 Å². The van der Waals surface area contributed by atoms with Crippen LogP contribution in [0.1, 0.15) is 0 Å². The molecule has 0 aliphatic carbocycles. The number of nitrogens with zero attached hydrogens (tertiary/aromatic N) is 10. The molecule has 0 saturated carbocycles. The Kier molecular flexibility index (Phi) is 11.6. The van der Waals surface area contributed by atoms with Crippen molar-refractivity contribution in [3.05, 3.63) is 0 Å². The van der Waals surface area contributed by atoms with Gasteiger partial charge in [0.15, 0.2) is 0 Å². The fourth-order valence-electron chi connectivity index (χ4n) is 6.64. The molecule has 1 aliphatic rings. The van der Waals surface area contributed by atoms with Crippen LogP contribution in [0.4, 0.5) is 0 Å². The van der Waals surface area contributed by atoms with E-state index in [1.165, 1.54) is 0 Å². The van der Waals surface area contributed by atoms with Gasteiger partial charge in [-0.3, -0.25) is 18.7 Å². The average Bonchev–Trinajstić information content (AvgIpc) is 2.64. The molecule has 0 aromatic rings. The van der Waals surface area contributed by atoms with E-state index in [4.69, 9.17) is 0 Å². The van der Waals surface area contributed by atoms with Crippen LogP contribution in [0.3, 0.4) is 0 Å². The fourth-order valence-corrected chi connectivity index (χ4v) is 45.0. The second kappa shape index (κ2) is 11.9. The molecule has 1 aliphatic heterocycles. The van der Waals surface area contributed by atoms with Crippen LogP contribution in [-0.2, 0) is 0 Å². The van der Waals surface area contributed by atoms with E-state index in [2.05, 4.69) is 188 Å². The van der Waals surface area contributed by atoms with E-state index in [9.17, 15) is 0 Å². The molecule has 1 rings (SSSR count). The van der Waals surface area contributed by atoms with Gasteiger partial charge in [0.1, 0.15) is 14.4 Å². The molecule has 10 nitrogen and oxygen atoms in total. The van der Waals surface area contributed by atoms with E-state index in [0.29, 0.717) is 0 Å². The lowest BCUT2D eigenvalue weighted by Crippen LogP contribution is -2.55. The third-order valence-corrected chi connectivity index (χ3v) is 31.9. The van der Waals surface area contributed by atoms with Crippen molar-refractivity contribution in [3.8, 4) is 0 Å². The second-order valence-electron chi connectivity index (χ2n) is 11.4. The molecule has 0 N–H and O–H groups in total. The molecule has 1 heterocycles. The van der Waals surface area contributed by atoms with Crippen molar-refractivity contribution in [1.29, 1.82) is 0 Å². The van der Waals surface area contributed by atoms with E-state index in [1.807, 2.05) is 0 Å². The Hall–Kier alpha value is 1.06. The highest BCUT2D eigenvalue weighted by Gasteiger charge is 2.78. The molecule has 0 bridgehead atoms. The summed E-state index contributed by atoms with van der Waals surface area (Å²) in [4.78, 5) is 0. The van der Waals surface area contributed by atoms with Crippen LogP contribution in [0.5, 0.6) is 0 Å². The molecule has 0 radical (unpaired) electrons. The molecular weight excluding hydrogens is 528 g/mol. The zero-order valence-corrected chi connectivity index (χ0v) is 30.8. The second-order valence-corrected chi connectivity index (χ2v) is 28.9. The van der Waals surface area contributed by atoms with E-state index in [0.717, 1.165) is 0 Å². The molecule has 0 fully saturated rings. The molecule has 216 valence electrons. The van der Waals surface area contributed by atoms with Crippen molar-refractivity contribution in [2.45, 2.75) is 0 Å². The Morgan fingerprint density at radius 1 is 0.306 bits per heavy atom. The summed E-state index contributed by atoms with van der Waals surface area (Å²) in [5, 5.41) is 0. The Morgan fingerprint density at radius 3 is 0.528 bits per heavy atom. The maximum absolute atomic E-state index is 2.60. The van der Waals surface area contributed by atoms with Gasteiger partial charge in [-0.1, -0.05) is 0 Å². The number of hydrogen-bond acceptors (Lipinski definition) is 10. The summed E-state index contributed by atoms with van der Waals surface area (Å²) in [7, 11) is 37.5. The Balaban J connectivity index is 4.95. The van der Waals surface area contributed by atoms with Crippen molar-refractivity contribution < 1.29 is 0 Å². The topological polar surface area (TPSA) is 32.4 Å². The third-order valence-electron chi connectivity index (χ3n) is 7.31. The summed E-state index contributed by atoms with van der Waals surface area (Å²) in [6.07, 6.45) is 0. The lowest BCUT2D eigenvalue weighted by Gasteiger charge is -2.62. The monoisotopic (exact) mass is 588 g/mol. The van der Waals surface area contributed by atoms with Crippen LogP contribution >= 0.6 is 29.8 Å². The van der Waals surface area contributed by atoms with Crippen LogP contribution in [0.15, 0.2) is 0 Å². The van der Waals surface area contributed by atoms with Crippen LogP contribution in [-0.4, -0.2) is 197 Å². The molecule has 36 heavy (non-hydrogen) atoms. The lowest BCUT2D eigenvalue weighted by atomic mass is 11.2. The van der Waals surface area contributed by atoms with Gasteiger partial charge in [0.2, 0.25) is 9.55 Å². The smallest absolute Gasteiger partial charge is 0.266 e. The van der Waals surface area contributed by atoms with E-state index in [1.54, 1.807) is 9.55 Å². The van der Waals surface area contributed by atoms with Gasteiger partial charge in [-0.25, -0.2) is 0 Å². The van der Waals surface area contributed by atoms with Gasteiger partial charge in [-0.05, 0) is 56.4 Å². The van der Waals surface area contributed by atoms with Gasteiger partial charge in [0, 0.05) is 84.6 Å². The highest BCUT2D eigenvalue weighted by Crippen LogP contribution is 2.97. The highest BCUT2D eigenvalue weighted by atomic mass is 31.3. The Labute approximate surface area is 226 Å². The predicted octanol–water partition coefficient (Wildman–Crippen LogP) is 3.01. The van der Waals surface area contributed by atoms with Crippen molar-refractivity contribution in [3.63, 3.8) is 0 Å². The van der Waals surface area contributed by atoms with Crippen molar-refractivity contribution >= 4 is 39.4 Å². The summed E-state index contributed by atoms with van der Waals surface area (Å²) in [6, 6.07) is 0. The maximum atomic E-state index is 2.60. The zero-order valence-electron chi connectivity index (χ0n) is 27.3. The molecule has 14 heteroatoms. The van der Waals surface area contributed by atoms with Gasteiger partial charge >= 0.3 is 0 Å². The minimum atomic E-state index is -2.11. The van der Waals surface area contributed by atoms with E-state index >= 15 is 0 Å². The largest absolute Gasteiger partial charge is 0.268 e. The zero-order chi connectivity index (χ0) is 28.9. The quantitative estimate of drug-likeness (QED) is 0.318. The molecule has 0 saturated heterocycles. The first-order chi connectivity index (χ1) is 16.2. The summed E-state index contributed by atoms with van der Waals surface area (Å²) < 4.78 is 29.0. The third kappa shape index (κ3) is 4.32. The first-order valence-corrected chi connectivity index (χ1v) is 19.0. The SMILES string of the molecule is CN(C)P1(N(C)C)=C([P+](N(C)C)(N(C)C)N(C)C)P(N(C)C)(N(C)C)=C1[P+](N(C)C)(N(C)C)N(C)C. The van der Waals surface area contributed by atoms with Gasteiger partial charge in [-0.15, -0.1) is 28.0 Å². The van der Waals surface area contributed by atoms with Crippen LogP contribution in [0.2, 0.25) is 0 Å². The molecular formula is C22H60N10P4+2. The standard InChI is InChI=1S/C22H60N10P4/c1-23(2)33(24(3)4)21(35(27(9)10,28(11)12)29(13)14)34(25(5)6,26(7)8)22(33)36(30(15)16,31(17)18)32(19)20/h1-20H3/q+2. The molecule has 0 aromatic heterocycles. The minimum Gasteiger partial charge on any atom is -0.268 e. The minimum absolute atomic E-state index is 1.72. The van der Waals surface area contributed by atoms with E-state index < -0.39 is 29.8 Å². The summed E-state index contributed by atoms with van der Waals surface area (Å²) >= 11 is 0. The highest BCUT2D eigenvalue weighted by molar-refractivity contribution is 8.44. The maximum Gasteiger partial charge on any atom is 0.266 e. The molecule has 0 unspecified atom stereocenters. The summed E-state index contributed by atoms with van der Waals surface area (Å²) in [5.74, 6) is 0. The van der Waals surface area contributed by atoms with Crippen molar-refractivity contribution in [1.82, 2.24) is 46.7 Å². The van der Waals surface area contributed by atoms with Gasteiger partial charge < -0.3 is 0 Å². The number of hydrogen-bond donors (Lipinski definition) is 0. The van der Waals surface area contributed by atoms with Crippen LogP contribution in [0, 0.1) is 0 Å². The normalized spacial score (nSPS) is 19.2. The average molecular weight is 589 g/mol. The van der Waals surface area contributed by atoms with Crippen LogP contribution in [0.25, 0.3) is 0 Å². The summed E-state index contributed by atoms with van der Waals surface area (Å²) in [5.41, 5.74) is 0.